The van der Waals surface area contributed by atoms with Crippen LogP contribution in [0.15, 0.2) is 176 Å². The zero-order valence-electron chi connectivity index (χ0n) is 27.1. The first-order valence-corrected chi connectivity index (χ1v) is 16.9. The first kappa shape index (κ1) is 28.3. The van der Waals surface area contributed by atoms with E-state index in [1.54, 1.807) is 0 Å². The molecule has 3 heterocycles. The average Bonchev–Trinajstić information content (AvgIpc) is 3.20. The van der Waals surface area contributed by atoms with Crippen LogP contribution in [0.2, 0.25) is 0 Å². The van der Waals surface area contributed by atoms with Gasteiger partial charge in [-0.2, -0.15) is 0 Å². The van der Waals surface area contributed by atoms with Gasteiger partial charge < -0.3 is 0 Å². The first-order chi connectivity index (χ1) is 24.8. The number of benzene rings is 7. The van der Waals surface area contributed by atoms with Crippen molar-refractivity contribution in [2.75, 3.05) is 0 Å². The Hall–Kier alpha value is -6.71. The van der Waals surface area contributed by atoms with Crippen LogP contribution in [0, 0.1) is 0 Å². The van der Waals surface area contributed by atoms with Crippen LogP contribution in [0.25, 0.3) is 99.2 Å². The molecule has 3 nitrogen and oxygen atoms in total. The molecule has 0 saturated carbocycles. The van der Waals surface area contributed by atoms with E-state index >= 15 is 0 Å². The second-order valence-corrected chi connectivity index (χ2v) is 12.8. The molecule has 0 aliphatic heterocycles. The van der Waals surface area contributed by atoms with Crippen LogP contribution in [0.3, 0.4) is 0 Å². The molecule has 10 aromatic rings. The molecule has 0 bridgehead atoms. The van der Waals surface area contributed by atoms with Gasteiger partial charge in [-0.1, -0.05) is 158 Å². The fourth-order valence-corrected chi connectivity index (χ4v) is 7.39. The largest absolute Gasteiger partial charge is 0.246 e. The van der Waals surface area contributed by atoms with Gasteiger partial charge in [-0.25, -0.2) is 15.0 Å². The van der Waals surface area contributed by atoms with Gasteiger partial charge in [-0.3, -0.25) is 0 Å². The lowest BCUT2D eigenvalue weighted by Gasteiger charge is -2.15. The maximum Gasteiger partial charge on any atom is 0.0972 e. The van der Waals surface area contributed by atoms with Gasteiger partial charge in [0.05, 0.1) is 33.6 Å². The number of fused-ring (bicyclic) bond motifs is 8. The van der Waals surface area contributed by atoms with Crippen molar-refractivity contribution in [3.63, 3.8) is 0 Å². The molecular weight excluding hydrogens is 607 g/mol. The van der Waals surface area contributed by atoms with Crippen LogP contribution in [0.5, 0.6) is 0 Å². The molecule has 0 radical (unpaired) electrons. The quantitative estimate of drug-likeness (QED) is 0.181. The average molecular weight is 636 g/mol. The zero-order chi connectivity index (χ0) is 33.0. The minimum Gasteiger partial charge on any atom is -0.246 e. The van der Waals surface area contributed by atoms with E-state index < -0.39 is 0 Å². The molecule has 0 saturated heterocycles. The number of rotatable bonds is 4. The van der Waals surface area contributed by atoms with Crippen molar-refractivity contribution < 1.29 is 0 Å². The Morgan fingerprint density at radius 1 is 0.300 bits per heavy atom. The van der Waals surface area contributed by atoms with Gasteiger partial charge in [-0.05, 0) is 34.5 Å². The van der Waals surface area contributed by atoms with Crippen molar-refractivity contribution in [2.24, 2.45) is 0 Å². The highest BCUT2D eigenvalue weighted by molar-refractivity contribution is 6.24. The van der Waals surface area contributed by atoms with Crippen LogP contribution in [0.1, 0.15) is 0 Å². The molecule has 0 spiro atoms. The van der Waals surface area contributed by atoms with E-state index in [0.29, 0.717) is 0 Å². The van der Waals surface area contributed by atoms with E-state index in [-0.39, 0.29) is 0 Å². The lowest BCUT2D eigenvalue weighted by molar-refractivity contribution is 1.36. The molecule has 232 valence electrons. The van der Waals surface area contributed by atoms with Gasteiger partial charge in [-0.15, -0.1) is 0 Å². The fraction of sp³-hybridized carbons (Fsp3) is 0. The molecule has 0 N–H and O–H groups in total. The molecule has 7 aromatic carbocycles. The summed E-state index contributed by atoms with van der Waals surface area (Å²) < 4.78 is 0. The van der Waals surface area contributed by atoms with Crippen molar-refractivity contribution in [1.29, 1.82) is 0 Å². The smallest absolute Gasteiger partial charge is 0.0972 e. The van der Waals surface area contributed by atoms with Gasteiger partial charge in [0.2, 0.25) is 0 Å². The number of hydrogen-bond acceptors (Lipinski definition) is 3. The van der Waals surface area contributed by atoms with Gasteiger partial charge in [0.1, 0.15) is 0 Å². The summed E-state index contributed by atoms with van der Waals surface area (Å²) in [5, 5.41) is 8.10. The van der Waals surface area contributed by atoms with Gasteiger partial charge in [0.25, 0.3) is 0 Å². The van der Waals surface area contributed by atoms with Crippen LogP contribution in [-0.4, -0.2) is 15.0 Å². The molecule has 0 atom stereocenters. The minimum atomic E-state index is 0.899. The van der Waals surface area contributed by atoms with Crippen molar-refractivity contribution in [2.45, 2.75) is 0 Å². The SMILES string of the molecule is c1ccc(-c2ccc3ccc4ccc(-c5cccc(-c6nc7c(-c8ccccc8)cccc7c7c6ccc6ccccc67)c5)nc4c3n2)cc1. The predicted molar refractivity (Wildman–Crippen MR) is 209 cm³/mol. The van der Waals surface area contributed by atoms with Crippen molar-refractivity contribution in [3.8, 4) is 44.9 Å². The Kier molecular flexibility index (Phi) is 6.49. The highest BCUT2D eigenvalue weighted by Gasteiger charge is 2.17. The third-order valence-electron chi connectivity index (χ3n) is 9.82. The lowest BCUT2D eigenvalue weighted by atomic mass is 9.92. The summed E-state index contributed by atoms with van der Waals surface area (Å²) >= 11 is 0. The third-order valence-corrected chi connectivity index (χ3v) is 9.82. The summed E-state index contributed by atoms with van der Waals surface area (Å²) in [5.74, 6) is 0. The van der Waals surface area contributed by atoms with E-state index in [0.717, 1.165) is 83.0 Å². The standard InChI is InChI=1S/C47H29N3/c1-3-11-30(12-4-1)38-19-10-20-39-43-37-18-8-7-13-31(37)23-26-40(43)44(50-47(38)39)36-17-9-16-35(29-36)42-28-25-34-22-21-33-24-27-41(32-14-5-2-6-15-32)48-45(33)46(34)49-42/h1-29H. The molecule has 10 rings (SSSR count). The number of nitrogens with zero attached hydrogens (tertiary/aromatic N) is 3. The molecule has 0 unspecified atom stereocenters. The summed E-state index contributed by atoms with van der Waals surface area (Å²) in [6.07, 6.45) is 0. The molecule has 0 aliphatic carbocycles. The van der Waals surface area contributed by atoms with Crippen LogP contribution in [-0.2, 0) is 0 Å². The van der Waals surface area contributed by atoms with Crippen molar-refractivity contribution >= 4 is 54.3 Å². The molecule has 50 heavy (non-hydrogen) atoms. The highest BCUT2D eigenvalue weighted by atomic mass is 14.8. The minimum absolute atomic E-state index is 0.899. The summed E-state index contributed by atoms with van der Waals surface area (Å²) in [6, 6.07) is 62.0. The normalized spacial score (nSPS) is 11.6. The second-order valence-electron chi connectivity index (χ2n) is 12.8. The molecule has 3 aromatic heterocycles. The fourth-order valence-electron chi connectivity index (χ4n) is 7.39. The summed E-state index contributed by atoms with van der Waals surface area (Å²) in [4.78, 5) is 15.9. The monoisotopic (exact) mass is 635 g/mol. The van der Waals surface area contributed by atoms with Gasteiger partial charge >= 0.3 is 0 Å². The van der Waals surface area contributed by atoms with E-state index in [1.807, 2.05) is 18.2 Å². The molecular formula is C47H29N3. The number of hydrogen-bond donors (Lipinski definition) is 0. The van der Waals surface area contributed by atoms with Gasteiger partial charge in [0, 0.05) is 49.2 Å². The topological polar surface area (TPSA) is 38.7 Å². The van der Waals surface area contributed by atoms with Crippen LogP contribution in [0.4, 0.5) is 0 Å². The molecule has 0 amide bonds. The van der Waals surface area contributed by atoms with E-state index in [9.17, 15) is 0 Å². The predicted octanol–water partition coefficient (Wildman–Crippen LogP) is 12.3. The molecule has 3 heteroatoms. The van der Waals surface area contributed by atoms with Gasteiger partial charge in [0.15, 0.2) is 0 Å². The number of aromatic nitrogens is 3. The second kappa shape index (κ2) is 11.5. The van der Waals surface area contributed by atoms with Crippen molar-refractivity contribution in [3.05, 3.63) is 176 Å². The Morgan fingerprint density at radius 3 is 1.62 bits per heavy atom. The highest BCUT2D eigenvalue weighted by Crippen LogP contribution is 2.40. The van der Waals surface area contributed by atoms with E-state index in [4.69, 9.17) is 15.0 Å². The van der Waals surface area contributed by atoms with E-state index in [1.165, 1.54) is 16.2 Å². The number of pyridine rings is 3. The summed E-state index contributed by atoms with van der Waals surface area (Å²) in [5.41, 5.74) is 11.1. The summed E-state index contributed by atoms with van der Waals surface area (Å²) in [7, 11) is 0. The van der Waals surface area contributed by atoms with E-state index in [2.05, 4.69) is 158 Å². The van der Waals surface area contributed by atoms with Crippen molar-refractivity contribution in [1.82, 2.24) is 15.0 Å². The lowest BCUT2D eigenvalue weighted by Crippen LogP contribution is -1.94. The Balaban J connectivity index is 1.19. The number of para-hydroxylation sites is 1. The molecule has 0 fully saturated rings. The zero-order valence-corrected chi connectivity index (χ0v) is 27.1. The first-order valence-electron chi connectivity index (χ1n) is 16.9. The Bertz CT molecular complexity index is 2910. The maximum absolute atomic E-state index is 5.49. The van der Waals surface area contributed by atoms with Crippen LogP contribution < -0.4 is 0 Å². The summed E-state index contributed by atoms with van der Waals surface area (Å²) in [6.45, 7) is 0. The van der Waals surface area contributed by atoms with Crippen LogP contribution >= 0.6 is 0 Å². The maximum atomic E-state index is 5.49. The Morgan fingerprint density at radius 2 is 0.860 bits per heavy atom. The third kappa shape index (κ3) is 4.63. The Labute approximate surface area is 289 Å². The molecule has 0 aliphatic rings.